The third-order valence-electron chi connectivity index (χ3n) is 0.777. The van der Waals surface area contributed by atoms with Crippen LogP contribution in [0.3, 0.4) is 0 Å². The van der Waals surface area contributed by atoms with Crippen molar-refractivity contribution in [1.82, 2.24) is 0 Å². The molecule has 8 heavy (non-hydrogen) atoms. The van der Waals surface area contributed by atoms with Crippen LogP contribution in [-0.4, -0.2) is 11.7 Å². The predicted molar refractivity (Wildman–Crippen MR) is 37.6 cm³/mol. The number of rotatable bonds is 3. The van der Waals surface area contributed by atoms with Crippen molar-refractivity contribution in [2.45, 2.75) is 19.3 Å². The summed E-state index contributed by atoms with van der Waals surface area (Å²) in [5.74, 6) is 2.84. The maximum absolute atomic E-state index is 8.31. The Balaban J connectivity index is 2.79. The molecule has 0 saturated heterocycles. The summed E-state index contributed by atoms with van der Waals surface area (Å²) in [6.45, 7) is 0.282. The lowest BCUT2D eigenvalue weighted by Gasteiger charge is -1.86. The van der Waals surface area contributed by atoms with Crippen LogP contribution in [0.5, 0.6) is 0 Å². The number of aliphatic hydroxyl groups is 1. The molecular formula is C6H9BrO. The minimum Gasteiger partial charge on any atom is -0.396 e. The molecule has 0 heterocycles. The van der Waals surface area contributed by atoms with Crippen LogP contribution in [0.1, 0.15) is 19.3 Å². The lowest BCUT2D eigenvalue weighted by atomic mass is 10.2. The van der Waals surface area contributed by atoms with Crippen molar-refractivity contribution in [3.05, 3.63) is 0 Å². The van der Waals surface area contributed by atoms with Gasteiger partial charge in [0.25, 0.3) is 0 Å². The normalized spacial score (nSPS) is 7.75. The topological polar surface area (TPSA) is 20.2 Å². The molecule has 0 unspecified atom stereocenters. The Kier molecular flexibility index (Phi) is 7.00. The second-order valence-electron chi connectivity index (χ2n) is 1.45. The molecule has 0 aromatic carbocycles. The van der Waals surface area contributed by atoms with Crippen molar-refractivity contribution in [1.29, 1.82) is 0 Å². The van der Waals surface area contributed by atoms with E-state index in [9.17, 15) is 0 Å². The molecule has 0 atom stereocenters. The van der Waals surface area contributed by atoms with E-state index in [2.05, 4.69) is 26.7 Å². The van der Waals surface area contributed by atoms with Gasteiger partial charge in [-0.3, -0.25) is 0 Å². The minimum absolute atomic E-state index is 0.282. The highest BCUT2D eigenvalue weighted by atomic mass is 79.9. The first-order valence-electron chi connectivity index (χ1n) is 2.61. The van der Waals surface area contributed by atoms with Crippen molar-refractivity contribution in [2.24, 2.45) is 0 Å². The van der Waals surface area contributed by atoms with Gasteiger partial charge in [0.05, 0.1) is 0 Å². The lowest BCUT2D eigenvalue weighted by Crippen LogP contribution is -1.79. The molecule has 2 heteroatoms. The lowest BCUT2D eigenvalue weighted by molar-refractivity contribution is 0.285. The van der Waals surface area contributed by atoms with E-state index in [1.54, 1.807) is 0 Å². The van der Waals surface area contributed by atoms with E-state index in [0.717, 1.165) is 19.3 Å². The Labute approximate surface area is 58.2 Å². The zero-order chi connectivity index (χ0) is 6.24. The zero-order valence-electron chi connectivity index (χ0n) is 4.65. The van der Waals surface area contributed by atoms with E-state index in [-0.39, 0.29) is 6.61 Å². The van der Waals surface area contributed by atoms with Gasteiger partial charge in [-0.2, -0.15) is 0 Å². The van der Waals surface area contributed by atoms with Crippen LogP contribution in [0.4, 0.5) is 0 Å². The minimum atomic E-state index is 0.282. The molecule has 0 radical (unpaired) electrons. The smallest absolute Gasteiger partial charge is 0.0431 e. The SMILES string of the molecule is OCCCCC#CBr. The monoisotopic (exact) mass is 176 g/mol. The molecule has 1 N–H and O–H groups in total. The van der Waals surface area contributed by atoms with Crippen LogP contribution in [-0.2, 0) is 0 Å². The summed E-state index contributed by atoms with van der Waals surface area (Å²) in [4.78, 5) is 2.61. The fourth-order valence-electron chi connectivity index (χ4n) is 0.372. The van der Waals surface area contributed by atoms with Gasteiger partial charge in [-0.1, -0.05) is 5.92 Å². The third kappa shape index (κ3) is 6.00. The molecular weight excluding hydrogens is 168 g/mol. The summed E-state index contributed by atoms with van der Waals surface area (Å²) in [5, 5.41) is 8.31. The van der Waals surface area contributed by atoms with E-state index in [4.69, 9.17) is 5.11 Å². The highest BCUT2D eigenvalue weighted by Crippen LogP contribution is 1.91. The second-order valence-corrected chi connectivity index (χ2v) is 1.85. The zero-order valence-corrected chi connectivity index (χ0v) is 6.24. The molecule has 0 aliphatic heterocycles. The van der Waals surface area contributed by atoms with E-state index in [1.165, 1.54) is 0 Å². The van der Waals surface area contributed by atoms with E-state index in [0.29, 0.717) is 0 Å². The van der Waals surface area contributed by atoms with Gasteiger partial charge in [0.15, 0.2) is 0 Å². The van der Waals surface area contributed by atoms with E-state index >= 15 is 0 Å². The molecule has 0 fully saturated rings. The molecule has 0 aliphatic rings. The molecule has 46 valence electrons. The van der Waals surface area contributed by atoms with Crippen LogP contribution in [0, 0.1) is 10.8 Å². The van der Waals surface area contributed by atoms with E-state index < -0.39 is 0 Å². The van der Waals surface area contributed by atoms with Crippen LogP contribution in [0.25, 0.3) is 0 Å². The summed E-state index contributed by atoms with van der Waals surface area (Å²) in [6, 6.07) is 0. The summed E-state index contributed by atoms with van der Waals surface area (Å²) in [6.07, 6.45) is 2.74. The van der Waals surface area contributed by atoms with Crippen LogP contribution >= 0.6 is 15.9 Å². The summed E-state index contributed by atoms with van der Waals surface area (Å²) in [5.41, 5.74) is 0. The number of unbranched alkanes of at least 4 members (excludes halogenated alkanes) is 2. The van der Waals surface area contributed by atoms with Crippen molar-refractivity contribution in [3.8, 4) is 10.8 Å². The third-order valence-corrected chi connectivity index (χ3v) is 1.06. The molecule has 0 bridgehead atoms. The Morgan fingerprint density at radius 3 is 2.62 bits per heavy atom. The van der Waals surface area contributed by atoms with Crippen molar-refractivity contribution < 1.29 is 5.11 Å². The van der Waals surface area contributed by atoms with Gasteiger partial charge >= 0.3 is 0 Å². The molecule has 0 rings (SSSR count). The molecule has 0 saturated carbocycles. The Bertz CT molecular complexity index is 90.4. The van der Waals surface area contributed by atoms with Crippen LogP contribution in [0.15, 0.2) is 0 Å². The summed E-state index contributed by atoms with van der Waals surface area (Å²) >= 11 is 2.98. The molecule has 0 aliphatic carbocycles. The van der Waals surface area contributed by atoms with Gasteiger partial charge in [-0.15, -0.1) is 0 Å². The number of hydrogen-bond acceptors (Lipinski definition) is 1. The second kappa shape index (κ2) is 7.00. The molecule has 1 nitrogen and oxygen atoms in total. The molecule has 0 amide bonds. The van der Waals surface area contributed by atoms with Gasteiger partial charge in [0.1, 0.15) is 0 Å². The van der Waals surface area contributed by atoms with Crippen LogP contribution < -0.4 is 0 Å². The number of halogens is 1. The predicted octanol–water partition coefficient (Wildman–Crippen LogP) is 1.50. The fourth-order valence-corrected chi connectivity index (χ4v) is 0.571. The van der Waals surface area contributed by atoms with Crippen molar-refractivity contribution in [3.63, 3.8) is 0 Å². The summed E-state index contributed by atoms with van der Waals surface area (Å²) < 4.78 is 0. The Morgan fingerprint density at radius 2 is 2.12 bits per heavy atom. The van der Waals surface area contributed by atoms with Gasteiger partial charge < -0.3 is 5.11 Å². The van der Waals surface area contributed by atoms with Crippen molar-refractivity contribution >= 4 is 15.9 Å². The summed E-state index contributed by atoms with van der Waals surface area (Å²) in [7, 11) is 0. The molecule has 0 aromatic heterocycles. The number of aliphatic hydroxyl groups excluding tert-OH is 1. The largest absolute Gasteiger partial charge is 0.396 e. The average Bonchev–Trinajstić information content (AvgIpc) is 1.81. The highest BCUT2D eigenvalue weighted by molar-refractivity contribution is 9.12. The first-order chi connectivity index (χ1) is 3.91. The molecule has 0 aromatic rings. The van der Waals surface area contributed by atoms with Gasteiger partial charge in [-0.25, -0.2) is 0 Å². The maximum Gasteiger partial charge on any atom is 0.0431 e. The number of hydrogen-bond donors (Lipinski definition) is 1. The fraction of sp³-hybridized carbons (Fsp3) is 0.667. The Morgan fingerprint density at radius 1 is 1.38 bits per heavy atom. The maximum atomic E-state index is 8.31. The van der Waals surface area contributed by atoms with Gasteiger partial charge in [-0.05, 0) is 17.7 Å². The standard InChI is InChI=1S/C6H9BrO/c7-5-3-1-2-4-6-8/h8H,1-2,4,6H2. The first kappa shape index (κ1) is 8.00. The van der Waals surface area contributed by atoms with Crippen LogP contribution in [0.2, 0.25) is 0 Å². The van der Waals surface area contributed by atoms with E-state index in [1.807, 2.05) is 0 Å². The van der Waals surface area contributed by atoms with Gasteiger partial charge in [0, 0.05) is 29.0 Å². The quantitative estimate of drug-likeness (QED) is 0.511. The van der Waals surface area contributed by atoms with Crippen molar-refractivity contribution in [2.75, 3.05) is 6.61 Å². The average molecular weight is 177 g/mol. The van der Waals surface area contributed by atoms with Gasteiger partial charge in [0.2, 0.25) is 0 Å². The highest BCUT2D eigenvalue weighted by Gasteiger charge is 1.79. The first-order valence-corrected chi connectivity index (χ1v) is 3.40. The Hall–Kier alpha value is 0. The molecule has 0 spiro atoms.